The number of fused-ring (bicyclic) bond motifs is 1. The Hall–Kier alpha value is -2.32. The summed E-state index contributed by atoms with van der Waals surface area (Å²) in [6, 6.07) is 4.04. The molecule has 8 nitrogen and oxygen atoms in total. The van der Waals surface area contributed by atoms with Crippen molar-refractivity contribution in [2.45, 2.75) is 19.0 Å². The molecular weight excluding hydrogens is 320 g/mol. The number of likely N-dealkylation sites (N-methyl/N-ethyl adjacent to an activating group) is 1. The number of rotatable bonds is 6. The zero-order valence-corrected chi connectivity index (χ0v) is 14.9. The highest BCUT2D eigenvalue weighted by atomic mass is 16.5. The number of hydrogen-bond donors (Lipinski definition) is 0. The second kappa shape index (κ2) is 7.71. The standard InChI is InChI=1S/C17H24N6O2/c1-21(2)16(24)12-25-11-14-9-23(8-13-4-6-18-7-5-13)10-15-17(14)22(3)20-19-15/h4-7,14H,8-12H2,1-3H3/t14-/m0/s1. The van der Waals surface area contributed by atoms with Crippen LogP contribution in [-0.4, -0.2) is 69.5 Å². The topological polar surface area (TPSA) is 76.4 Å². The van der Waals surface area contributed by atoms with Crippen LogP contribution >= 0.6 is 0 Å². The fourth-order valence-electron chi connectivity index (χ4n) is 3.11. The van der Waals surface area contributed by atoms with Gasteiger partial charge < -0.3 is 9.64 Å². The van der Waals surface area contributed by atoms with Crippen molar-refractivity contribution in [1.29, 1.82) is 0 Å². The predicted octanol–water partition coefficient (Wildman–Crippen LogP) is 0.414. The summed E-state index contributed by atoms with van der Waals surface area (Å²) >= 11 is 0. The summed E-state index contributed by atoms with van der Waals surface area (Å²) in [6.45, 7) is 2.99. The van der Waals surface area contributed by atoms with Gasteiger partial charge in [-0.05, 0) is 17.7 Å². The van der Waals surface area contributed by atoms with E-state index in [2.05, 4.69) is 20.2 Å². The van der Waals surface area contributed by atoms with Crippen LogP contribution in [0.25, 0.3) is 0 Å². The van der Waals surface area contributed by atoms with Gasteiger partial charge in [0.05, 0.1) is 12.3 Å². The number of aromatic nitrogens is 4. The van der Waals surface area contributed by atoms with Crippen LogP contribution in [0.2, 0.25) is 0 Å². The SMILES string of the molecule is CN(C)C(=O)COC[C@@H]1CN(Cc2ccncc2)Cc2nnn(C)c21. The molecule has 25 heavy (non-hydrogen) atoms. The van der Waals surface area contributed by atoms with E-state index >= 15 is 0 Å². The van der Waals surface area contributed by atoms with Gasteiger partial charge in [0.2, 0.25) is 5.91 Å². The lowest BCUT2D eigenvalue weighted by Gasteiger charge is -2.32. The molecule has 0 aromatic carbocycles. The van der Waals surface area contributed by atoms with Crippen LogP contribution in [0.15, 0.2) is 24.5 Å². The maximum absolute atomic E-state index is 11.7. The summed E-state index contributed by atoms with van der Waals surface area (Å²) in [5.74, 6) is 0.105. The van der Waals surface area contributed by atoms with Gasteiger partial charge in [-0.25, -0.2) is 0 Å². The van der Waals surface area contributed by atoms with Crippen LogP contribution < -0.4 is 0 Å². The average Bonchev–Trinajstić information content (AvgIpc) is 2.96. The van der Waals surface area contributed by atoms with E-state index in [-0.39, 0.29) is 18.4 Å². The maximum atomic E-state index is 11.7. The number of pyridine rings is 1. The van der Waals surface area contributed by atoms with Gasteiger partial charge in [0.25, 0.3) is 0 Å². The summed E-state index contributed by atoms with van der Waals surface area (Å²) in [6.07, 6.45) is 3.61. The molecule has 0 bridgehead atoms. The first kappa shape index (κ1) is 17.5. The van der Waals surface area contributed by atoms with Crippen LogP contribution in [0.3, 0.4) is 0 Å². The number of ether oxygens (including phenoxy) is 1. The molecule has 1 atom stereocenters. The zero-order valence-electron chi connectivity index (χ0n) is 14.9. The van der Waals surface area contributed by atoms with E-state index in [9.17, 15) is 4.79 Å². The van der Waals surface area contributed by atoms with Crippen LogP contribution in [0.5, 0.6) is 0 Å². The van der Waals surface area contributed by atoms with E-state index in [0.29, 0.717) is 6.61 Å². The van der Waals surface area contributed by atoms with Crippen molar-refractivity contribution in [3.05, 3.63) is 41.5 Å². The van der Waals surface area contributed by atoms with Crippen LogP contribution in [0.1, 0.15) is 22.9 Å². The van der Waals surface area contributed by atoms with Crippen molar-refractivity contribution in [2.24, 2.45) is 7.05 Å². The molecule has 3 rings (SSSR count). The number of aryl methyl sites for hydroxylation is 1. The van der Waals surface area contributed by atoms with Crippen LogP contribution in [0.4, 0.5) is 0 Å². The van der Waals surface area contributed by atoms with E-state index in [1.165, 1.54) is 10.5 Å². The number of carbonyl (C=O) groups excluding carboxylic acids is 1. The molecule has 0 N–H and O–H groups in total. The van der Waals surface area contributed by atoms with Gasteiger partial charge in [0.1, 0.15) is 12.3 Å². The first-order valence-corrected chi connectivity index (χ1v) is 8.32. The second-order valence-electron chi connectivity index (χ2n) is 6.57. The molecule has 1 aliphatic heterocycles. The third-order valence-electron chi connectivity index (χ3n) is 4.38. The van der Waals surface area contributed by atoms with Gasteiger partial charge in [-0.15, -0.1) is 5.10 Å². The lowest BCUT2D eigenvalue weighted by Crippen LogP contribution is -2.36. The number of amides is 1. The average molecular weight is 344 g/mol. The summed E-state index contributed by atoms with van der Waals surface area (Å²) in [5, 5.41) is 8.46. The van der Waals surface area contributed by atoms with E-state index in [1.54, 1.807) is 26.5 Å². The summed E-state index contributed by atoms with van der Waals surface area (Å²) < 4.78 is 7.50. The van der Waals surface area contributed by atoms with Crippen molar-refractivity contribution < 1.29 is 9.53 Å². The quantitative estimate of drug-likeness (QED) is 0.756. The lowest BCUT2D eigenvalue weighted by atomic mass is 9.98. The third kappa shape index (κ3) is 4.21. The molecule has 0 aliphatic carbocycles. The van der Waals surface area contributed by atoms with Gasteiger partial charge in [0, 0.05) is 59.1 Å². The second-order valence-corrected chi connectivity index (χ2v) is 6.57. The van der Waals surface area contributed by atoms with Gasteiger partial charge in [-0.3, -0.25) is 19.4 Å². The van der Waals surface area contributed by atoms with Gasteiger partial charge in [0.15, 0.2) is 0 Å². The molecule has 134 valence electrons. The molecule has 0 radical (unpaired) electrons. The highest BCUT2D eigenvalue weighted by Crippen LogP contribution is 2.27. The molecule has 1 aliphatic rings. The van der Waals surface area contributed by atoms with Crippen molar-refractivity contribution in [1.82, 2.24) is 29.8 Å². The Morgan fingerprint density at radius 3 is 2.84 bits per heavy atom. The highest BCUT2D eigenvalue weighted by Gasteiger charge is 2.30. The van der Waals surface area contributed by atoms with Crippen LogP contribution in [-0.2, 0) is 29.7 Å². The molecule has 3 heterocycles. The largest absolute Gasteiger partial charge is 0.371 e. The number of hydrogen-bond acceptors (Lipinski definition) is 6. The number of carbonyl (C=O) groups is 1. The normalized spacial score (nSPS) is 17.3. The Bertz CT molecular complexity index is 715. The summed E-state index contributed by atoms with van der Waals surface area (Å²) in [5.41, 5.74) is 3.29. The predicted molar refractivity (Wildman–Crippen MR) is 91.6 cm³/mol. The van der Waals surface area contributed by atoms with E-state index < -0.39 is 0 Å². The molecule has 0 saturated heterocycles. The highest BCUT2D eigenvalue weighted by molar-refractivity contribution is 5.76. The fourth-order valence-corrected chi connectivity index (χ4v) is 3.11. The number of nitrogens with zero attached hydrogens (tertiary/aromatic N) is 6. The molecule has 2 aromatic heterocycles. The Balaban J connectivity index is 1.67. The first-order valence-electron chi connectivity index (χ1n) is 8.32. The fraction of sp³-hybridized carbons (Fsp3) is 0.529. The molecule has 1 amide bonds. The first-order chi connectivity index (χ1) is 12.0. The van der Waals surface area contributed by atoms with Crippen molar-refractivity contribution in [2.75, 3.05) is 33.9 Å². The van der Waals surface area contributed by atoms with Gasteiger partial charge in [-0.2, -0.15) is 0 Å². The molecule has 0 spiro atoms. The Kier molecular flexibility index (Phi) is 5.40. The molecule has 0 fully saturated rings. The third-order valence-corrected chi connectivity index (χ3v) is 4.38. The van der Waals surface area contributed by atoms with Crippen molar-refractivity contribution in [3.63, 3.8) is 0 Å². The van der Waals surface area contributed by atoms with Crippen molar-refractivity contribution >= 4 is 5.91 Å². The molecule has 8 heteroatoms. The Labute approximate surface area is 147 Å². The molecule has 2 aromatic rings. The lowest BCUT2D eigenvalue weighted by molar-refractivity contribution is -0.133. The minimum atomic E-state index is -0.0344. The van der Waals surface area contributed by atoms with E-state index in [1.807, 2.05) is 23.9 Å². The Morgan fingerprint density at radius 2 is 2.12 bits per heavy atom. The summed E-state index contributed by atoms with van der Waals surface area (Å²) in [4.78, 5) is 19.6. The van der Waals surface area contributed by atoms with Crippen molar-refractivity contribution in [3.8, 4) is 0 Å². The minimum absolute atomic E-state index is 0.0344. The monoisotopic (exact) mass is 344 g/mol. The minimum Gasteiger partial charge on any atom is -0.371 e. The van der Waals surface area contributed by atoms with E-state index in [4.69, 9.17) is 4.74 Å². The summed E-state index contributed by atoms with van der Waals surface area (Å²) in [7, 11) is 5.36. The van der Waals surface area contributed by atoms with Gasteiger partial charge >= 0.3 is 0 Å². The van der Waals surface area contributed by atoms with Gasteiger partial charge in [-0.1, -0.05) is 5.21 Å². The van der Waals surface area contributed by atoms with E-state index in [0.717, 1.165) is 31.0 Å². The molecule has 0 saturated carbocycles. The molecular formula is C17H24N6O2. The molecule has 0 unspecified atom stereocenters. The Morgan fingerprint density at radius 1 is 1.36 bits per heavy atom. The smallest absolute Gasteiger partial charge is 0.248 e. The maximum Gasteiger partial charge on any atom is 0.248 e. The zero-order chi connectivity index (χ0) is 17.8. The van der Waals surface area contributed by atoms with Crippen LogP contribution in [0, 0.1) is 0 Å².